The SMILES string of the molecule is COc1ccc(-c2nnc(CCC(=O)O)o2)c(F)c1. The molecule has 2 rings (SSSR count). The number of hydrogen-bond acceptors (Lipinski definition) is 5. The number of carboxylic acids is 1. The highest BCUT2D eigenvalue weighted by Crippen LogP contribution is 2.25. The van der Waals surface area contributed by atoms with Crippen molar-refractivity contribution in [3.63, 3.8) is 0 Å². The van der Waals surface area contributed by atoms with Gasteiger partial charge in [-0.3, -0.25) is 4.79 Å². The summed E-state index contributed by atoms with van der Waals surface area (Å²) in [6.45, 7) is 0. The number of methoxy groups -OCH3 is 1. The Bertz CT molecular complexity index is 597. The zero-order valence-corrected chi connectivity index (χ0v) is 10.1. The van der Waals surface area contributed by atoms with Gasteiger partial charge in [0.05, 0.1) is 19.1 Å². The van der Waals surface area contributed by atoms with Gasteiger partial charge in [0.25, 0.3) is 5.89 Å². The normalized spacial score (nSPS) is 10.4. The molecule has 19 heavy (non-hydrogen) atoms. The zero-order valence-electron chi connectivity index (χ0n) is 10.1. The van der Waals surface area contributed by atoms with Crippen LogP contribution in [0.5, 0.6) is 5.75 Å². The summed E-state index contributed by atoms with van der Waals surface area (Å²) < 4.78 is 23.8. The summed E-state index contributed by atoms with van der Waals surface area (Å²) >= 11 is 0. The summed E-state index contributed by atoms with van der Waals surface area (Å²) in [7, 11) is 1.44. The lowest BCUT2D eigenvalue weighted by molar-refractivity contribution is -0.137. The minimum absolute atomic E-state index is 0.0144. The van der Waals surface area contributed by atoms with Crippen molar-refractivity contribution in [2.75, 3.05) is 7.11 Å². The number of carbonyl (C=O) groups is 1. The molecular weight excluding hydrogens is 255 g/mol. The molecule has 1 N–H and O–H groups in total. The molecule has 1 heterocycles. The molecule has 6 nitrogen and oxygen atoms in total. The zero-order chi connectivity index (χ0) is 13.8. The first-order chi connectivity index (χ1) is 9.10. The number of benzene rings is 1. The summed E-state index contributed by atoms with van der Waals surface area (Å²) in [6.07, 6.45) is -0.00711. The number of nitrogens with zero attached hydrogens (tertiary/aromatic N) is 2. The van der Waals surface area contributed by atoms with Crippen molar-refractivity contribution in [1.82, 2.24) is 10.2 Å². The second-order valence-corrected chi connectivity index (χ2v) is 3.74. The molecular formula is C12H11FN2O4. The smallest absolute Gasteiger partial charge is 0.303 e. The lowest BCUT2D eigenvalue weighted by Gasteiger charge is -2.01. The number of rotatable bonds is 5. The molecule has 0 saturated carbocycles. The average molecular weight is 266 g/mol. The number of ether oxygens (including phenoxy) is 1. The first-order valence-electron chi connectivity index (χ1n) is 5.48. The van der Waals surface area contributed by atoms with Crippen LogP contribution in [0.3, 0.4) is 0 Å². The van der Waals surface area contributed by atoms with Gasteiger partial charge in [-0.1, -0.05) is 0 Å². The van der Waals surface area contributed by atoms with E-state index < -0.39 is 11.8 Å². The van der Waals surface area contributed by atoms with Crippen molar-refractivity contribution in [3.05, 3.63) is 29.9 Å². The Morgan fingerprint density at radius 3 is 2.89 bits per heavy atom. The van der Waals surface area contributed by atoms with E-state index in [1.54, 1.807) is 6.07 Å². The van der Waals surface area contributed by atoms with Gasteiger partial charge in [-0.05, 0) is 12.1 Å². The van der Waals surface area contributed by atoms with Crippen molar-refractivity contribution in [2.45, 2.75) is 12.8 Å². The van der Waals surface area contributed by atoms with Crippen LogP contribution in [0.1, 0.15) is 12.3 Å². The highest BCUT2D eigenvalue weighted by Gasteiger charge is 2.14. The average Bonchev–Trinajstić information content (AvgIpc) is 2.84. The third kappa shape index (κ3) is 3.06. The van der Waals surface area contributed by atoms with Gasteiger partial charge in [0.1, 0.15) is 11.6 Å². The van der Waals surface area contributed by atoms with E-state index in [9.17, 15) is 9.18 Å². The number of aryl methyl sites for hydroxylation is 1. The monoisotopic (exact) mass is 266 g/mol. The number of aliphatic carboxylic acids is 1. The van der Waals surface area contributed by atoms with E-state index in [1.165, 1.54) is 19.2 Å². The van der Waals surface area contributed by atoms with Crippen molar-refractivity contribution >= 4 is 5.97 Å². The maximum atomic E-state index is 13.7. The fourth-order valence-corrected chi connectivity index (χ4v) is 1.47. The second-order valence-electron chi connectivity index (χ2n) is 3.74. The van der Waals surface area contributed by atoms with Gasteiger partial charge in [-0.15, -0.1) is 10.2 Å². The van der Waals surface area contributed by atoms with Gasteiger partial charge in [-0.2, -0.15) is 0 Å². The van der Waals surface area contributed by atoms with Crippen LogP contribution in [-0.4, -0.2) is 28.4 Å². The number of carboxylic acid groups (broad SMARTS) is 1. The van der Waals surface area contributed by atoms with E-state index in [4.69, 9.17) is 14.3 Å². The Morgan fingerprint density at radius 1 is 1.47 bits per heavy atom. The second kappa shape index (κ2) is 5.47. The van der Waals surface area contributed by atoms with Crippen LogP contribution >= 0.6 is 0 Å². The third-order valence-electron chi connectivity index (χ3n) is 2.43. The fourth-order valence-electron chi connectivity index (χ4n) is 1.47. The van der Waals surface area contributed by atoms with Gasteiger partial charge < -0.3 is 14.3 Å². The van der Waals surface area contributed by atoms with Crippen LogP contribution in [-0.2, 0) is 11.2 Å². The highest BCUT2D eigenvalue weighted by molar-refractivity contribution is 5.66. The third-order valence-corrected chi connectivity index (χ3v) is 2.43. The molecule has 1 aromatic carbocycles. The summed E-state index contributed by atoms with van der Waals surface area (Å²) in [6, 6.07) is 4.23. The maximum absolute atomic E-state index is 13.7. The first-order valence-corrected chi connectivity index (χ1v) is 5.48. The Labute approximate surface area is 107 Å². The highest BCUT2D eigenvalue weighted by atomic mass is 19.1. The molecule has 2 aromatic rings. The van der Waals surface area contributed by atoms with Crippen LogP contribution in [0.25, 0.3) is 11.5 Å². The van der Waals surface area contributed by atoms with Crippen LogP contribution in [0.4, 0.5) is 4.39 Å². The molecule has 0 aliphatic heterocycles. The molecule has 1 aromatic heterocycles. The van der Waals surface area contributed by atoms with Crippen molar-refractivity contribution in [1.29, 1.82) is 0 Å². The van der Waals surface area contributed by atoms with Gasteiger partial charge in [0.15, 0.2) is 0 Å². The van der Waals surface area contributed by atoms with Gasteiger partial charge in [0, 0.05) is 12.5 Å². The fraction of sp³-hybridized carbons (Fsp3) is 0.250. The maximum Gasteiger partial charge on any atom is 0.303 e. The standard InChI is InChI=1S/C12H11FN2O4/c1-18-7-2-3-8(9(13)6-7)12-15-14-10(19-12)4-5-11(16)17/h2-3,6H,4-5H2,1H3,(H,16,17). The molecule has 0 spiro atoms. The molecule has 100 valence electrons. The predicted molar refractivity (Wildman–Crippen MR) is 62.2 cm³/mol. The van der Waals surface area contributed by atoms with Crippen LogP contribution < -0.4 is 4.74 Å². The Kier molecular flexibility index (Phi) is 3.74. The molecule has 0 aliphatic carbocycles. The van der Waals surface area contributed by atoms with E-state index in [0.717, 1.165) is 0 Å². The topological polar surface area (TPSA) is 85.5 Å². The van der Waals surface area contributed by atoms with Crippen LogP contribution in [0, 0.1) is 5.82 Å². The quantitative estimate of drug-likeness (QED) is 0.889. The molecule has 0 bridgehead atoms. The van der Waals surface area contributed by atoms with Crippen LogP contribution in [0.2, 0.25) is 0 Å². The molecule has 0 radical (unpaired) electrons. The molecule has 0 fully saturated rings. The Morgan fingerprint density at radius 2 is 2.26 bits per heavy atom. The van der Waals surface area contributed by atoms with Crippen molar-refractivity contribution < 1.29 is 23.4 Å². The van der Waals surface area contributed by atoms with E-state index in [2.05, 4.69) is 10.2 Å². The molecule has 0 atom stereocenters. The van der Waals surface area contributed by atoms with E-state index in [0.29, 0.717) is 5.75 Å². The summed E-state index contributed by atoms with van der Waals surface area (Å²) in [5, 5.41) is 15.9. The molecule has 0 unspecified atom stereocenters. The molecule has 7 heteroatoms. The molecule has 0 saturated heterocycles. The Hall–Kier alpha value is -2.44. The van der Waals surface area contributed by atoms with Gasteiger partial charge in [0.2, 0.25) is 5.89 Å². The summed E-state index contributed by atoms with van der Waals surface area (Å²) in [4.78, 5) is 10.4. The van der Waals surface area contributed by atoms with Gasteiger partial charge in [-0.25, -0.2) is 4.39 Å². The Balaban J connectivity index is 2.20. The van der Waals surface area contributed by atoms with Gasteiger partial charge >= 0.3 is 5.97 Å². The first kappa shape index (κ1) is 13.0. The van der Waals surface area contributed by atoms with Crippen LogP contribution in [0.15, 0.2) is 22.6 Å². The molecule has 0 amide bonds. The lowest BCUT2D eigenvalue weighted by Crippen LogP contribution is -1.97. The molecule has 0 aliphatic rings. The van der Waals surface area contributed by atoms with E-state index in [1.807, 2.05) is 0 Å². The minimum atomic E-state index is -0.963. The van der Waals surface area contributed by atoms with Crippen molar-refractivity contribution in [3.8, 4) is 17.2 Å². The van der Waals surface area contributed by atoms with Crippen molar-refractivity contribution in [2.24, 2.45) is 0 Å². The lowest BCUT2D eigenvalue weighted by atomic mass is 10.2. The predicted octanol–water partition coefficient (Wildman–Crippen LogP) is 1.90. The summed E-state index contributed by atoms with van der Waals surface area (Å²) in [5.74, 6) is -0.955. The number of halogens is 1. The van der Waals surface area contributed by atoms with E-state index >= 15 is 0 Å². The number of aromatic nitrogens is 2. The largest absolute Gasteiger partial charge is 0.497 e. The number of hydrogen-bond donors (Lipinski definition) is 1. The van der Waals surface area contributed by atoms with E-state index in [-0.39, 0.29) is 30.2 Å². The summed E-state index contributed by atoms with van der Waals surface area (Å²) in [5.41, 5.74) is 0.148. The minimum Gasteiger partial charge on any atom is -0.497 e.